The average Bonchev–Trinajstić information content (AvgIpc) is 3.01. The van der Waals surface area contributed by atoms with E-state index in [1.54, 1.807) is 0 Å². The van der Waals surface area contributed by atoms with Gasteiger partial charge in [-0.2, -0.15) is 0 Å². The number of hydrogen-bond acceptors (Lipinski definition) is 4. The van der Waals surface area contributed by atoms with Gasteiger partial charge in [-0.15, -0.1) is 0 Å². The van der Waals surface area contributed by atoms with Crippen molar-refractivity contribution in [1.29, 1.82) is 0 Å². The van der Waals surface area contributed by atoms with Crippen molar-refractivity contribution in [2.45, 2.75) is 19.3 Å². The first-order valence-corrected chi connectivity index (χ1v) is 6.38. The lowest BCUT2D eigenvalue weighted by atomic mass is 9.91. The molecular weight excluding hydrogens is 252 g/mol. The summed E-state index contributed by atoms with van der Waals surface area (Å²) in [4.78, 5) is 34.6. The molecule has 1 saturated heterocycles. The van der Waals surface area contributed by atoms with Gasteiger partial charge < -0.3 is 20.4 Å². The summed E-state index contributed by atoms with van der Waals surface area (Å²) < 4.78 is 0. The first kappa shape index (κ1) is 13.8. The predicted octanol–water partition coefficient (Wildman–Crippen LogP) is -0.626. The number of carbonyl (C=O) groups is 3. The van der Waals surface area contributed by atoms with E-state index in [4.69, 9.17) is 10.2 Å². The molecule has 2 aliphatic rings. The number of carboxylic acids is 2. The maximum atomic E-state index is 12.2. The number of aliphatic carboxylic acids is 2. The average molecular weight is 270 g/mol. The summed E-state index contributed by atoms with van der Waals surface area (Å²) in [6.07, 6.45) is 2.55. The summed E-state index contributed by atoms with van der Waals surface area (Å²) in [6.45, 7) is 0.634. The van der Waals surface area contributed by atoms with Gasteiger partial charge in [-0.25, -0.2) is 0 Å². The third-order valence-corrected chi connectivity index (χ3v) is 4.05. The first-order valence-electron chi connectivity index (χ1n) is 6.38. The molecule has 7 nitrogen and oxygen atoms in total. The van der Waals surface area contributed by atoms with E-state index in [1.165, 1.54) is 0 Å². The summed E-state index contributed by atoms with van der Waals surface area (Å²) in [5.41, 5.74) is -0.0163. The van der Waals surface area contributed by atoms with E-state index in [9.17, 15) is 14.4 Å². The van der Waals surface area contributed by atoms with Gasteiger partial charge in [0.1, 0.15) is 13.1 Å². The number of amides is 1. The zero-order valence-corrected chi connectivity index (χ0v) is 10.6. The predicted molar refractivity (Wildman–Crippen MR) is 64.5 cm³/mol. The quantitative estimate of drug-likeness (QED) is 0.614. The van der Waals surface area contributed by atoms with Crippen molar-refractivity contribution in [1.82, 2.24) is 10.2 Å². The van der Waals surface area contributed by atoms with Crippen molar-refractivity contribution >= 4 is 17.8 Å². The zero-order chi connectivity index (χ0) is 14.0. The maximum absolute atomic E-state index is 12.2. The normalized spacial score (nSPS) is 23.9. The van der Waals surface area contributed by atoms with Crippen molar-refractivity contribution in [2.24, 2.45) is 11.3 Å². The minimum Gasteiger partial charge on any atom is -0.480 e. The summed E-state index contributed by atoms with van der Waals surface area (Å²) >= 11 is 0. The van der Waals surface area contributed by atoms with Crippen LogP contribution in [-0.2, 0) is 14.4 Å². The van der Waals surface area contributed by atoms with Crippen LogP contribution in [0.15, 0.2) is 0 Å². The standard InChI is InChI=1S/C12H18N2O5/c15-9(16)6-14(7-10(17)18)11(19)8-5-12(8)1-3-13-4-2-12/h8,13H,1-7H2,(H,15,16)(H,17,18). The second kappa shape index (κ2) is 5.16. The molecule has 1 atom stereocenters. The fourth-order valence-electron chi connectivity index (χ4n) is 2.93. The lowest BCUT2D eigenvalue weighted by Crippen LogP contribution is -2.42. The zero-order valence-electron chi connectivity index (χ0n) is 10.6. The van der Waals surface area contributed by atoms with E-state index in [1.807, 2.05) is 0 Å². The Morgan fingerprint density at radius 2 is 1.63 bits per heavy atom. The molecule has 7 heteroatoms. The molecule has 2 rings (SSSR count). The van der Waals surface area contributed by atoms with Crippen molar-refractivity contribution in [3.8, 4) is 0 Å². The van der Waals surface area contributed by atoms with Crippen LogP contribution in [0, 0.1) is 11.3 Å². The third-order valence-electron chi connectivity index (χ3n) is 4.05. The van der Waals surface area contributed by atoms with Crippen LogP contribution in [0.1, 0.15) is 19.3 Å². The molecule has 2 fully saturated rings. The van der Waals surface area contributed by atoms with Crippen LogP contribution in [-0.4, -0.2) is 59.1 Å². The molecule has 19 heavy (non-hydrogen) atoms. The topological polar surface area (TPSA) is 107 Å². The minimum atomic E-state index is -1.19. The third kappa shape index (κ3) is 3.04. The molecule has 1 amide bonds. The van der Waals surface area contributed by atoms with E-state index in [2.05, 4.69) is 5.32 Å². The highest BCUT2D eigenvalue weighted by molar-refractivity contribution is 5.88. The molecule has 0 aromatic rings. The van der Waals surface area contributed by atoms with Crippen LogP contribution in [0.5, 0.6) is 0 Å². The van der Waals surface area contributed by atoms with Crippen molar-refractivity contribution < 1.29 is 24.6 Å². The monoisotopic (exact) mass is 270 g/mol. The van der Waals surface area contributed by atoms with Gasteiger partial charge in [0.05, 0.1) is 0 Å². The number of nitrogens with one attached hydrogen (secondary N) is 1. The highest BCUT2D eigenvalue weighted by Crippen LogP contribution is 2.59. The van der Waals surface area contributed by atoms with Gasteiger partial charge in [0.25, 0.3) is 0 Å². The largest absolute Gasteiger partial charge is 0.480 e. The molecule has 3 N–H and O–H groups in total. The highest BCUT2D eigenvalue weighted by Gasteiger charge is 2.58. The Bertz CT molecular complexity index is 387. The van der Waals surface area contributed by atoms with Gasteiger partial charge in [-0.3, -0.25) is 14.4 Å². The van der Waals surface area contributed by atoms with Crippen molar-refractivity contribution in [3.63, 3.8) is 0 Å². The van der Waals surface area contributed by atoms with E-state index < -0.39 is 25.0 Å². The number of carboxylic acid groups (broad SMARTS) is 2. The summed E-state index contributed by atoms with van der Waals surface area (Å²) in [7, 11) is 0. The summed E-state index contributed by atoms with van der Waals surface area (Å²) in [5.74, 6) is -2.90. The molecule has 0 aromatic carbocycles. The molecule has 1 aliphatic heterocycles. The summed E-state index contributed by atoms with van der Waals surface area (Å²) in [6, 6.07) is 0. The SMILES string of the molecule is O=C(O)CN(CC(=O)O)C(=O)C1CC12CCNCC2. The Morgan fingerprint density at radius 1 is 1.11 bits per heavy atom. The summed E-state index contributed by atoms with van der Waals surface area (Å²) in [5, 5.41) is 20.7. The van der Waals surface area contributed by atoms with E-state index in [0.29, 0.717) is 0 Å². The van der Waals surface area contributed by atoms with Gasteiger partial charge in [-0.1, -0.05) is 0 Å². The van der Waals surface area contributed by atoms with Gasteiger partial charge in [0.2, 0.25) is 5.91 Å². The van der Waals surface area contributed by atoms with Crippen LogP contribution >= 0.6 is 0 Å². The maximum Gasteiger partial charge on any atom is 0.323 e. The Morgan fingerprint density at radius 3 is 2.11 bits per heavy atom. The molecular formula is C12H18N2O5. The molecule has 1 heterocycles. The highest BCUT2D eigenvalue weighted by atomic mass is 16.4. The molecule has 0 bridgehead atoms. The van der Waals surface area contributed by atoms with Crippen LogP contribution < -0.4 is 5.32 Å². The number of rotatable bonds is 5. The number of nitrogens with zero attached hydrogens (tertiary/aromatic N) is 1. The fraction of sp³-hybridized carbons (Fsp3) is 0.750. The number of piperidine rings is 1. The second-order valence-corrected chi connectivity index (χ2v) is 5.35. The van der Waals surface area contributed by atoms with Crippen LogP contribution in [0.4, 0.5) is 0 Å². The first-order chi connectivity index (χ1) is 8.94. The molecule has 0 radical (unpaired) electrons. The Hall–Kier alpha value is -1.63. The Kier molecular flexibility index (Phi) is 3.75. The van der Waals surface area contributed by atoms with Gasteiger partial charge in [0.15, 0.2) is 0 Å². The van der Waals surface area contributed by atoms with E-state index in [0.717, 1.165) is 37.3 Å². The number of carbonyl (C=O) groups excluding carboxylic acids is 1. The van der Waals surface area contributed by atoms with Crippen molar-refractivity contribution in [2.75, 3.05) is 26.2 Å². The molecule has 1 unspecified atom stereocenters. The van der Waals surface area contributed by atoms with Gasteiger partial charge in [-0.05, 0) is 37.8 Å². The number of hydrogen-bond donors (Lipinski definition) is 3. The van der Waals surface area contributed by atoms with Gasteiger partial charge >= 0.3 is 11.9 Å². The van der Waals surface area contributed by atoms with Crippen LogP contribution in [0.2, 0.25) is 0 Å². The van der Waals surface area contributed by atoms with Gasteiger partial charge in [0, 0.05) is 5.92 Å². The molecule has 1 saturated carbocycles. The molecule has 0 aromatic heterocycles. The molecule has 1 aliphatic carbocycles. The van der Waals surface area contributed by atoms with E-state index >= 15 is 0 Å². The van der Waals surface area contributed by atoms with E-state index in [-0.39, 0.29) is 17.2 Å². The van der Waals surface area contributed by atoms with Crippen LogP contribution in [0.25, 0.3) is 0 Å². The lowest BCUT2D eigenvalue weighted by molar-refractivity contribution is -0.150. The smallest absolute Gasteiger partial charge is 0.323 e. The van der Waals surface area contributed by atoms with Crippen molar-refractivity contribution in [3.05, 3.63) is 0 Å². The van der Waals surface area contributed by atoms with Crippen LogP contribution in [0.3, 0.4) is 0 Å². The Balaban J connectivity index is 1.99. The minimum absolute atomic E-state index is 0.0163. The Labute approximate surface area is 110 Å². The fourth-order valence-corrected chi connectivity index (χ4v) is 2.93. The lowest BCUT2D eigenvalue weighted by Gasteiger charge is -2.25. The molecule has 1 spiro atoms. The molecule has 106 valence electrons. The second-order valence-electron chi connectivity index (χ2n) is 5.35.